The summed E-state index contributed by atoms with van der Waals surface area (Å²) in [5.41, 5.74) is -0.249. The van der Waals surface area contributed by atoms with Crippen LogP contribution in [0.5, 0.6) is 0 Å². The fraction of sp³-hybridized carbons (Fsp3) is 0.533. The molecule has 126 valence electrons. The van der Waals surface area contributed by atoms with Crippen molar-refractivity contribution in [3.8, 4) is 11.6 Å². The maximum atomic E-state index is 12.0. The molecule has 23 heavy (non-hydrogen) atoms. The summed E-state index contributed by atoms with van der Waals surface area (Å²) in [5, 5.41) is 11.9. The Labute approximate surface area is 139 Å². The monoisotopic (exact) mass is 338 g/mol. The lowest BCUT2D eigenvalue weighted by Gasteiger charge is -2.20. The van der Waals surface area contributed by atoms with E-state index in [2.05, 4.69) is 15.5 Å². The summed E-state index contributed by atoms with van der Waals surface area (Å²) in [4.78, 5) is 12.0. The number of aromatic nitrogens is 3. The normalized spacial score (nSPS) is 11.7. The van der Waals surface area contributed by atoms with Crippen LogP contribution < -0.4 is 5.32 Å². The molecule has 0 radical (unpaired) electrons. The second kappa shape index (κ2) is 7.65. The van der Waals surface area contributed by atoms with E-state index in [1.807, 2.05) is 31.4 Å². The number of methoxy groups -OCH3 is 1. The maximum absolute atomic E-state index is 12.0. The fourth-order valence-corrected chi connectivity index (χ4v) is 2.72. The average Bonchev–Trinajstić information content (AvgIpc) is 3.10. The number of thioether (sulfide) groups is 1. The van der Waals surface area contributed by atoms with Crippen LogP contribution in [0, 0.1) is 0 Å². The number of carbonyl (C=O) groups excluding carboxylic acids is 1. The van der Waals surface area contributed by atoms with Crippen LogP contribution in [-0.4, -0.2) is 45.7 Å². The topological polar surface area (TPSA) is 82.2 Å². The predicted molar refractivity (Wildman–Crippen MR) is 88.2 cm³/mol. The van der Waals surface area contributed by atoms with Gasteiger partial charge in [0.2, 0.25) is 11.7 Å². The number of furan rings is 1. The number of hydrogen-bond acceptors (Lipinski definition) is 6. The molecule has 7 nitrogen and oxygen atoms in total. The van der Waals surface area contributed by atoms with E-state index in [1.165, 1.54) is 11.8 Å². The number of hydrogen-bond donors (Lipinski definition) is 1. The van der Waals surface area contributed by atoms with Gasteiger partial charge in [-0.1, -0.05) is 11.8 Å². The van der Waals surface area contributed by atoms with Gasteiger partial charge >= 0.3 is 0 Å². The van der Waals surface area contributed by atoms with Gasteiger partial charge in [0.25, 0.3) is 0 Å². The molecule has 2 aromatic rings. The minimum atomic E-state index is -0.249. The van der Waals surface area contributed by atoms with Crippen molar-refractivity contribution in [2.24, 2.45) is 0 Å². The summed E-state index contributed by atoms with van der Waals surface area (Å²) in [6.45, 7) is 6.96. The molecule has 0 spiro atoms. The second-order valence-electron chi connectivity index (χ2n) is 6.01. The smallest absolute Gasteiger partial charge is 0.230 e. The van der Waals surface area contributed by atoms with Crippen LogP contribution in [-0.2, 0) is 16.1 Å². The molecule has 2 rings (SSSR count). The molecule has 1 N–H and O–H groups in total. The summed E-state index contributed by atoms with van der Waals surface area (Å²) < 4.78 is 12.4. The Morgan fingerprint density at radius 3 is 2.83 bits per heavy atom. The predicted octanol–water partition coefficient (Wildman–Crippen LogP) is 2.19. The van der Waals surface area contributed by atoms with Crippen LogP contribution in [0.3, 0.4) is 0 Å². The van der Waals surface area contributed by atoms with Crippen molar-refractivity contribution in [2.75, 3.05) is 19.5 Å². The van der Waals surface area contributed by atoms with Crippen molar-refractivity contribution in [1.82, 2.24) is 20.1 Å². The molecule has 1 amide bonds. The van der Waals surface area contributed by atoms with E-state index < -0.39 is 0 Å². The first kappa shape index (κ1) is 17.6. The second-order valence-corrected chi connectivity index (χ2v) is 6.96. The summed E-state index contributed by atoms with van der Waals surface area (Å²) in [6.07, 6.45) is 1.59. The van der Waals surface area contributed by atoms with E-state index >= 15 is 0 Å². The third kappa shape index (κ3) is 5.11. The highest BCUT2D eigenvalue weighted by molar-refractivity contribution is 7.99. The van der Waals surface area contributed by atoms with E-state index in [9.17, 15) is 4.79 Å². The van der Waals surface area contributed by atoms with Gasteiger partial charge in [-0.3, -0.25) is 9.36 Å². The van der Waals surface area contributed by atoms with E-state index in [4.69, 9.17) is 9.15 Å². The number of ether oxygens (including phenoxy) is 1. The molecular weight excluding hydrogens is 316 g/mol. The van der Waals surface area contributed by atoms with E-state index in [-0.39, 0.29) is 17.2 Å². The quantitative estimate of drug-likeness (QED) is 0.779. The molecule has 0 aliphatic rings. The highest BCUT2D eigenvalue weighted by Crippen LogP contribution is 2.24. The van der Waals surface area contributed by atoms with Gasteiger partial charge in [-0.15, -0.1) is 10.2 Å². The average molecular weight is 338 g/mol. The molecule has 0 unspecified atom stereocenters. The highest BCUT2D eigenvalue weighted by atomic mass is 32.2. The minimum Gasteiger partial charge on any atom is -0.461 e. The minimum absolute atomic E-state index is 0.0386. The Kier molecular flexibility index (Phi) is 5.84. The van der Waals surface area contributed by atoms with Crippen molar-refractivity contribution >= 4 is 17.7 Å². The third-order valence-electron chi connectivity index (χ3n) is 2.82. The largest absolute Gasteiger partial charge is 0.461 e. The molecule has 2 aromatic heterocycles. The third-order valence-corrected chi connectivity index (χ3v) is 3.79. The Balaban J connectivity index is 2.10. The van der Waals surface area contributed by atoms with Gasteiger partial charge < -0.3 is 14.5 Å². The molecular formula is C15H22N4O3S. The molecule has 0 bridgehead atoms. The van der Waals surface area contributed by atoms with Crippen molar-refractivity contribution in [3.05, 3.63) is 18.4 Å². The summed E-state index contributed by atoms with van der Waals surface area (Å²) >= 11 is 1.34. The van der Waals surface area contributed by atoms with Crippen LogP contribution in [0.15, 0.2) is 28.0 Å². The molecule has 0 aliphatic heterocycles. The maximum Gasteiger partial charge on any atom is 0.230 e. The Bertz CT molecular complexity index is 632. The number of rotatable bonds is 7. The molecule has 0 saturated carbocycles. The molecule has 2 heterocycles. The zero-order valence-electron chi connectivity index (χ0n) is 13.8. The van der Waals surface area contributed by atoms with Crippen molar-refractivity contribution in [2.45, 2.75) is 38.0 Å². The van der Waals surface area contributed by atoms with Crippen molar-refractivity contribution < 1.29 is 13.9 Å². The Morgan fingerprint density at radius 2 is 2.22 bits per heavy atom. The van der Waals surface area contributed by atoms with E-state index in [0.29, 0.717) is 29.9 Å². The molecule has 8 heteroatoms. The van der Waals surface area contributed by atoms with E-state index in [0.717, 1.165) is 0 Å². The van der Waals surface area contributed by atoms with Crippen LogP contribution in [0.4, 0.5) is 0 Å². The van der Waals surface area contributed by atoms with Crippen molar-refractivity contribution in [1.29, 1.82) is 0 Å². The molecule has 0 aliphatic carbocycles. The lowest BCUT2D eigenvalue weighted by Crippen LogP contribution is -2.41. The van der Waals surface area contributed by atoms with Crippen molar-refractivity contribution in [3.63, 3.8) is 0 Å². The first-order valence-corrected chi connectivity index (χ1v) is 8.29. The van der Waals surface area contributed by atoms with Crippen LogP contribution in [0.2, 0.25) is 0 Å². The van der Waals surface area contributed by atoms with Crippen LogP contribution >= 0.6 is 11.8 Å². The SMILES string of the molecule is COCCn1c(SCC(=O)NC(C)(C)C)nnc1-c1ccco1. The molecule has 0 saturated heterocycles. The fourth-order valence-electron chi connectivity index (χ4n) is 1.95. The Morgan fingerprint density at radius 1 is 1.43 bits per heavy atom. The molecule has 0 atom stereocenters. The standard InChI is InChI=1S/C15H22N4O3S/c1-15(2,3)16-12(20)10-23-14-18-17-13(11-6-5-8-22-11)19(14)7-9-21-4/h5-6,8H,7,9-10H2,1-4H3,(H,16,20). The summed E-state index contributed by atoms with van der Waals surface area (Å²) in [5.74, 6) is 1.51. The van der Waals surface area contributed by atoms with Crippen LogP contribution in [0.25, 0.3) is 11.6 Å². The number of nitrogens with one attached hydrogen (secondary N) is 1. The van der Waals surface area contributed by atoms with Gasteiger partial charge in [0.15, 0.2) is 10.9 Å². The van der Waals surface area contributed by atoms with Gasteiger partial charge in [0.05, 0.1) is 25.2 Å². The number of carbonyl (C=O) groups is 1. The first-order valence-electron chi connectivity index (χ1n) is 7.30. The summed E-state index contributed by atoms with van der Waals surface area (Å²) in [7, 11) is 1.64. The first-order chi connectivity index (χ1) is 10.9. The van der Waals surface area contributed by atoms with Gasteiger partial charge in [-0.05, 0) is 32.9 Å². The van der Waals surface area contributed by atoms with Gasteiger partial charge in [-0.2, -0.15) is 0 Å². The van der Waals surface area contributed by atoms with Gasteiger partial charge in [0, 0.05) is 12.6 Å². The van der Waals surface area contributed by atoms with Crippen LogP contribution in [0.1, 0.15) is 20.8 Å². The highest BCUT2D eigenvalue weighted by Gasteiger charge is 2.19. The molecule has 0 aromatic carbocycles. The lowest BCUT2D eigenvalue weighted by atomic mass is 10.1. The van der Waals surface area contributed by atoms with Gasteiger partial charge in [0.1, 0.15) is 0 Å². The van der Waals surface area contributed by atoms with E-state index in [1.54, 1.807) is 19.4 Å². The molecule has 0 fully saturated rings. The zero-order chi connectivity index (χ0) is 16.9. The number of nitrogens with zero attached hydrogens (tertiary/aromatic N) is 3. The lowest BCUT2D eigenvalue weighted by molar-refractivity contribution is -0.119. The Hall–Kier alpha value is -1.80. The zero-order valence-corrected chi connectivity index (χ0v) is 14.6. The number of amides is 1. The van der Waals surface area contributed by atoms with Gasteiger partial charge in [-0.25, -0.2) is 0 Å². The summed E-state index contributed by atoms with van der Waals surface area (Å²) in [6, 6.07) is 3.63.